The molecule has 236 valence electrons. The van der Waals surface area contributed by atoms with Crippen molar-refractivity contribution in [2.45, 2.75) is 78.6 Å². The number of nitrogens with zero attached hydrogens (tertiary/aromatic N) is 1. The normalized spacial score (nSPS) is 12.8. The molecule has 0 spiro atoms. The number of alkyl carbamates (subject to hydrolysis) is 1. The van der Waals surface area contributed by atoms with E-state index in [1.54, 1.807) is 37.8 Å². The molecule has 0 aromatic heterocycles. The number of phenols is 1. The van der Waals surface area contributed by atoms with Crippen LogP contribution in [-0.4, -0.2) is 45.6 Å². The summed E-state index contributed by atoms with van der Waals surface area (Å²) >= 11 is 0. The third-order valence-electron chi connectivity index (χ3n) is 7.54. The molecule has 45 heavy (non-hydrogen) atoms. The van der Waals surface area contributed by atoms with E-state index in [4.69, 9.17) is 4.74 Å². The lowest BCUT2D eigenvalue weighted by molar-refractivity contribution is -0.143. The van der Waals surface area contributed by atoms with Gasteiger partial charge in [0.05, 0.1) is 0 Å². The largest absolute Gasteiger partial charge is 0.508 e. The first-order chi connectivity index (χ1) is 21.2. The molecule has 0 aliphatic carbocycles. The fourth-order valence-electron chi connectivity index (χ4n) is 5.51. The number of anilines is 1. The molecule has 0 radical (unpaired) electrons. The van der Waals surface area contributed by atoms with Crippen LogP contribution in [0, 0.1) is 13.8 Å². The summed E-state index contributed by atoms with van der Waals surface area (Å²) in [6.07, 6.45) is -0.625. The van der Waals surface area contributed by atoms with Crippen molar-refractivity contribution < 1.29 is 24.2 Å². The summed E-state index contributed by atoms with van der Waals surface area (Å²) in [5, 5.41) is 17.7. The number of phenolic OH excluding ortho intramolecular Hbond substituents is 1. The molecule has 3 amide bonds. The third-order valence-corrected chi connectivity index (χ3v) is 7.54. The predicted molar refractivity (Wildman–Crippen MR) is 178 cm³/mol. The number of rotatable bonds is 9. The minimum absolute atomic E-state index is 0.0889. The van der Waals surface area contributed by atoms with E-state index in [0.717, 1.165) is 33.0 Å². The SMILES string of the molecule is Cc1cccc(C)c1C(C(=O)Nc1ccc2ccccc2c1)N(C(=O)C(Cc1ccc(O)cc1)NC(=O)OC(C)(C)C)C(C)C. The summed E-state index contributed by atoms with van der Waals surface area (Å²) < 4.78 is 5.52. The smallest absolute Gasteiger partial charge is 0.408 e. The van der Waals surface area contributed by atoms with Gasteiger partial charge in [0, 0.05) is 18.2 Å². The first-order valence-electron chi connectivity index (χ1n) is 15.2. The molecule has 0 saturated carbocycles. The number of aryl methyl sites for hydroxylation is 2. The number of carbonyl (C=O) groups is 3. The molecule has 2 unspecified atom stereocenters. The molecule has 0 aliphatic rings. The first kappa shape index (κ1) is 33.1. The zero-order valence-electron chi connectivity index (χ0n) is 27.0. The number of hydrogen-bond donors (Lipinski definition) is 3. The fourth-order valence-corrected chi connectivity index (χ4v) is 5.51. The van der Waals surface area contributed by atoms with Crippen molar-refractivity contribution in [1.82, 2.24) is 10.2 Å². The second-order valence-electron chi connectivity index (χ2n) is 12.7. The number of aromatic hydroxyl groups is 1. The Morgan fingerprint density at radius 2 is 1.47 bits per heavy atom. The molecule has 8 nitrogen and oxygen atoms in total. The van der Waals surface area contributed by atoms with Crippen molar-refractivity contribution >= 4 is 34.4 Å². The summed E-state index contributed by atoms with van der Waals surface area (Å²) in [5.41, 5.74) is 2.99. The average Bonchev–Trinajstić information content (AvgIpc) is 2.96. The van der Waals surface area contributed by atoms with Gasteiger partial charge in [0.15, 0.2) is 0 Å². The minimum Gasteiger partial charge on any atom is -0.508 e. The molecule has 4 aromatic rings. The van der Waals surface area contributed by atoms with Crippen LogP contribution in [0.4, 0.5) is 10.5 Å². The number of benzene rings is 4. The Kier molecular flexibility index (Phi) is 10.2. The highest BCUT2D eigenvalue weighted by Gasteiger charge is 2.39. The number of nitrogens with one attached hydrogen (secondary N) is 2. The zero-order valence-corrected chi connectivity index (χ0v) is 27.0. The molecule has 0 aliphatic heterocycles. The summed E-state index contributed by atoms with van der Waals surface area (Å²) in [5.74, 6) is -0.721. The van der Waals surface area contributed by atoms with Crippen LogP contribution >= 0.6 is 0 Å². The molecular weight excluding hydrogens is 566 g/mol. The average molecular weight is 610 g/mol. The maximum Gasteiger partial charge on any atom is 0.408 e. The van der Waals surface area contributed by atoms with Gasteiger partial charge in [-0.05, 0) is 106 Å². The van der Waals surface area contributed by atoms with Gasteiger partial charge in [-0.1, -0.05) is 60.7 Å². The quantitative estimate of drug-likeness (QED) is 0.186. The number of carbonyl (C=O) groups excluding carboxylic acids is 3. The van der Waals surface area contributed by atoms with Gasteiger partial charge in [-0.15, -0.1) is 0 Å². The van der Waals surface area contributed by atoms with Crippen molar-refractivity contribution in [2.75, 3.05) is 5.32 Å². The first-order valence-corrected chi connectivity index (χ1v) is 15.2. The van der Waals surface area contributed by atoms with Gasteiger partial charge in [0.25, 0.3) is 5.91 Å². The summed E-state index contributed by atoms with van der Waals surface area (Å²) in [4.78, 5) is 43.6. The van der Waals surface area contributed by atoms with E-state index in [0.29, 0.717) is 5.69 Å². The second kappa shape index (κ2) is 13.8. The van der Waals surface area contributed by atoms with E-state index in [-0.39, 0.29) is 18.1 Å². The maximum atomic E-state index is 14.7. The highest BCUT2D eigenvalue weighted by Crippen LogP contribution is 2.32. The van der Waals surface area contributed by atoms with Gasteiger partial charge in [-0.25, -0.2) is 4.79 Å². The second-order valence-corrected chi connectivity index (χ2v) is 12.7. The minimum atomic E-state index is -1.06. The maximum absolute atomic E-state index is 14.7. The van der Waals surface area contributed by atoms with Crippen LogP contribution in [0.1, 0.15) is 62.9 Å². The van der Waals surface area contributed by atoms with Gasteiger partial charge in [0.1, 0.15) is 23.4 Å². The summed E-state index contributed by atoms with van der Waals surface area (Å²) in [6.45, 7) is 12.8. The number of hydrogen-bond acceptors (Lipinski definition) is 5. The van der Waals surface area contributed by atoms with Crippen LogP contribution in [0.5, 0.6) is 5.75 Å². The van der Waals surface area contributed by atoms with Crippen molar-refractivity contribution in [2.24, 2.45) is 0 Å². The molecule has 2 atom stereocenters. The van der Waals surface area contributed by atoms with Crippen molar-refractivity contribution in [1.29, 1.82) is 0 Å². The fraction of sp³-hybridized carbons (Fsp3) is 0.324. The highest BCUT2D eigenvalue weighted by atomic mass is 16.6. The molecular formula is C37H43N3O5. The van der Waals surface area contributed by atoms with Crippen LogP contribution < -0.4 is 10.6 Å². The predicted octanol–water partition coefficient (Wildman–Crippen LogP) is 7.22. The standard InChI is InChI=1S/C37H43N3O5/c1-23(2)40(35(43)31(39-36(44)45-37(5,6)7)21-26-15-19-30(41)20-16-26)33(32-24(3)11-10-12-25(32)4)34(42)38-29-18-17-27-13-8-9-14-28(27)22-29/h8-20,22-23,31,33,41H,21H2,1-7H3,(H,38,42)(H,39,44). The molecule has 3 N–H and O–H groups in total. The number of fused-ring (bicyclic) bond motifs is 1. The van der Waals surface area contributed by atoms with E-state index in [9.17, 15) is 19.5 Å². The van der Waals surface area contributed by atoms with Gasteiger partial charge >= 0.3 is 6.09 Å². The van der Waals surface area contributed by atoms with Crippen LogP contribution in [0.15, 0.2) is 84.9 Å². The van der Waals surface area contributed by atoms with Crippen LogP contribution in [0.25, 0.3) is 10.8 Å². The summed E-state index contributed by atoms with van der Waals surface area (Å²) in [6, 6.07) is 23.3. The van der Waals surface area contributed by atoms with Crippen LogP contribution in [0.2, 0.25) is 0 Å². The number of amides is 3. The van der Waals surface area contributed by atoms with Gasteiger partial charge in [-0.2, -0.15) is 0 Å². The molecule has 0 heterocycles. The van der Waals surface area contributed by atoms with Crippen molar-refractivity contribution in [3.05, 3.63) is 107 Å². The third kappa shape index (κ3) is 8.41. The van der Waals surface area contributed by atoms with E-state index >= 15 is 0 Å². The Balaban J connectivity index is 1.78. The Bertz CT molecular complexity index is 1650. The van der Waals surface area contributed by atoms with Gasteiger partial charge in [0.2, 0.25) is 5.91 Å². The molecule has 4 rings (SSSR count). The van der Waals surface area contributed by atoms with E-state index < -0.39 is 35.7 Å². The molecule has 0 bridgehead atoms. The van der Waals surface area contributed by atoms with Crippen LogP contribution in [0.3, 0.4) is 0 Å². The lowest BCUT2D eigenvalue weighted by Crippen LogP contribution is -2.55. The molecule has 8 heteroatoms. The Hall–Kier alpha value is -4.85. The van der Waals surface area contributed by atoms with E-state index in [1.165, 1.54) is 12.1 Å². The van der Waals surface area contributed by atoms with Crippen molar-refractivity contribution in [3.8, 4) is 5.75 Å². The Morgan fingerprint density at radius 1 is 0.844 bits per heavy atom. The zero-order chi connectivity index (χ0) is 32.9. The Labute approximate surface area is 265 Å². The number of ether oxygens (including phenoxy) is 1. The van der Waals surface area contributed by atoms with E-state index in [1.807, 2.05) is 88.4 Å². The Morgan fingerprint density at radius 3 is 2.07 bits per heavy atom. The van der Waals surface area contributed by atoms with Gasteiger partial charge in [-0.3, -0.25) is 9.59 Å². The molecule has 0 fully saturated rings. The topological polar surface area (TPSA) is 108 Å². The van der Waals surface area contributed by atoms with Crippen molar-refractivity contribution in [3.63, 3.8) is 0 Å². The lowest BCUT2D eigenvalue weighted by Gasteiger charge is -2.38. The lowest BCUT2D eigenvalue weighted by atomic mass is 9.92. The van der Waals surface area contributed by atoms with Gasteiger partial charge < -0.3 is 25.4 Å². The molecule has 0 saturated heterocycles. The van der Waals surface area contributed by atoms with Crippen LogP contribution in [-0.2, 0) is 20.7 Å². The highest BCUT2D eigenvalue weighted by molar-refractivity contribution is 6.01. The summed E-state index contributed by atoms with van der Waals surface area (Å²) in [7, 11) is 0. The van der Waals surface area contributed by atoms with E-state index in [2.05, 4.69) is 10.6 Å². The monoisotopic (exact) mass is 609 g/mol. The molecule has 4 aromatic carbocycles.